The van der Waals surface area contributed by atoms with Gasteiger partial charge in [-0.1, -0.05) is 43.7 Å². The number of aryl methyl sites for hydroxylation is 1. The lowest BCUT2D eigenvalue weighted by molar-refractivity contribution is -0.109. The van der Waals surface area contributed by atoms with Gasteiger partial charge < -0.3 is 25.4 Å². The van der Waals surface area contributed by atoms with Gasteiger partial charge in [-0.3, -0.25) is 4.68 Å². The molecule has 0 bridgehead atoms. The highest BCUT2D eigenvalue weighted by Gasteiger charge is 2.31. The van der Waals surface area contributed by atoms with Crippen LogP contribution in [0, 0.1) is 0 Å². The molecule has 2 heterocycles. The van der Waals surface area contributed by atoms with Gasteiger partial charge >= 0.3 is 0 Å². The fourth-order valence-corrected chi connectivity index (χ4v) is 3.17. The molecule has 0 aromatic carbocycles. The SMILES string of the molecule is OCCCCCCCCCCn1cc(CO[C@H]2CNC[C@@H](O)[C@@H]2O)nn1. The number of ether oxygens (including phenoxy) is 1. The number of β-amino-alcohol motifs (C(OH)–C–C–N with tert-alkyl or cyclic N) is 1. The molecule has 0 spiro atoms. The number of aliphatic hydroxyl groups excluding tert-OH is 3. The van der Waals surface area contributed by atoms with Crippen LogP contribution in [-0.4, -0.2) is 68.3 Å². The van der Waals surface area contributed by atoms with E-state index in [4.69, 9.17) is 9.84 Å². The number of hydrogen-bond donors (Lipinski definition) is 4. The predicted molar refractivity (Wildman–Crippen MR) is 97.5 cm³/mol. The molecular weight excluding hydrogens is 336 g/mol. The molecule has 8 heteroatoms. The highest BCUT2D eigenvalue weighted by molar-refractivity contribution is 4.91. The zero-order valence-corrected chi connectivity index (χ0v) is 15.6. The zero-order valence-electron chi connectivity index (χ0n) is 15.6. The van der Waals surface area contributed by atoms with E-state index in [2.05, 4.69) is 15.6 Å². The molecule has 150 valence electrons. The van der Waals surface area contributed by atoms with Gasteiger partial charge in [0.2, 0.25) is 0 Å². The van der Waals surface area contributed by atoms with Crippen molar-refractivity contribution in [1.82, 2.24) is 20.3 Å². The number of hydrogen-bond acceptors (Lipinski definition) is 7. The summed E-state index contributed by atoms with van der Waals surface area (Å²) in [7, 11) is 0. The van der Waals surface area contributed by atoms with Crippen LogP contribution in [-0.2, 0) is 17.9 Å². The number of aliphatic hydroxyl groups is 3. The molecule has 0 unspecified atom stereocenters. The third kappa shape index (κ3) is 7.67. The molecule has 1 fully saturated rings. The van der Waals surface area contributed by atoms with Gasteiger partial charge in [0.15, 0.2) is 0 Å². The number of rotatable bonds is 13. The Kier molecular flexibility index (Phi) is 10.1. The minimum Gasteiger partial charge on any atom is -0.396 e. The first kappa shape index (κ1) is 21.2. The minimum atomic E-state index is -0.866. The first-order valence-corrected chi connectivity index (χ1v) is 9.89. The van der Waals surface area contributed by atoms with Gasteiger partial charge in [-0.2, -0.15) is 0 Å². The molecule has 8 nitrogen and oxygen atoms in total. The molecule has 3 atom stereocenters. The Labute approximate surface area is 155 Å². The van der Waals surface area contributed by atoms with Crippen LogP contribution in [0.5, 0.6) is 0 Å². The first-order chi connectivity index (χ1) is 12.7. The van der Waals surface area contributed by atoms with Gasteiger partial charge in [0, 0.05) is 26.2 Å². The second-order valence-electron chi connectivity index (χ2n) is 7.09. The summed E-state index contributed by atoms with van der Waals surface area (Å²) in [6.45, 7) is 2.35. The molecule has 1 aromatic rings. The molecular formula is C18H34N4O4. The van der Waals surface area contributed by atoms with Gasteiger partial charge in [0.25, 0.3) is 0 Å². The van der Waals surface area contributed by atoms with E-state index in [1.54, 1.807) is 0 Å². The summed E-state index contributed by atoms with van der Waals surface area (Å²) in [6.07, 6.45) is 9.08. The standard InChI is InChI=1S/C18H34N4O4/c23-10-8-6-4-2-1-3-5-7-9-22-13-15(20-21-22)14-26-17-12-19-11-16(24)18(17)25/h13,16-19,23-25H,1-12,14H2/t16-,17+,18+/m1/s1. The maximum absolute atomic E-state index is 9.90. The molecule has 2 rings (SSSR count). The van der Waals surface area contributed by atoms with Gasteiger partial charge in [0.05, 0.1) is 25.0 Å². The summed E-state index contributed by atoms with van der Waals surface area (Å²) in [4.78, 5) is 0. The maximum atomic E-state index is 9.90. The van der Waals surface area contributed by atoms with Crippen molar-refractivity contribution in [2.24, 2.45) is 0 Å². The second-order valence-corrected chi connectivity index (χ2v) is 7.09. The zero-order chi connectivity index (χ0) is 18.6. The van der Waals surface area contributed by atoms with Gasteiger partial charge in [-0.25, -0.2) is 0 Å². The molecule has 4 N–H and O–H groups in total. The van der Waals surface area contributed by atoms with E-state index in [0.717, 1.165) is 31.5 Å². The second kappa shape index (κ2) is 12.3. The van der Waals surface area contributed by atoms with E-state index < -0.39 is 18.3 Å². The van der Waals surface area contributed by atoms with Crippen molar-refractivity contribution >= 4 is 0 Å². The van der Waals surface area contributed by atoms with Crippen molar-refractivity contribution in [2.45, 2.75) is 82.8 Å². The lowest BCUT2D eigenvalue weighted by Crippen LogP contribution is -2.54. The lowest BCUT2D eigenvalue weighted by atomic mass is 10.0. The Balaban J connectivity index is 1.54. The lowest BCUT2D eigenvalue weighted by Gasteiger charge is -2.32. The van der Waals surface area contributed by atoms with Crippen LogP contribution in [0.1, 0.15) is 57.1 Å². The van der Waals surface area contributed by atoms with Crippen LogP contribution in [0.2, 0.25) is 0 Å². The molecule has 1 aliphatic rings. The largest absolute Gasteiger partial charge is 0.396 e. The highest BCUT2D eigenvalue weighted by Crippen LogP contribution is 2.11. The molecule has 0 saturated carbocycles. The van der Waals surface area contributed by atoms with Crippen LogP contribution in [0.3, 0.4) is 0 Å². The Hall–Kier alpha value is -1.06. The van der Waals surface area contributed by atoms with Crippen LogP contribution >= 0.6 is 0 Å². The Bertz CT molecular complexity index is 486. The van der Waals surface area contributed by atoms with E-state index in [0.29, 0.717) is 19.7 Å². The van der Waals surface area contributed by atoms with E-state index >= 15 is 0 Å². The van der Waals surface area contributed by atoms with Crippen LogP contribution in [0.15, 0.2) is 6.20 Å². The summed E-state index contributed by atoms with van der Waals surface area (Å²) >= 11 is 0. The normalized spacial score (nSPS) is 23.4. The summed E-state index contributed by atoms with van der Waals surface area (Å²) in [6, 6.07) is 0. The number of unbranched alkanes of at least 4 members (excludes halogenated alkanes) is 7. The molecule has 1 saturated heterocycles. The van der Waals surface area contributed by atoms with Crippen molar-refractivity contribution in [3.8, 4) is 0 Å². The van der Waals surface area contributed by atoms with E-state index in [1.165, 1.54) is 32.1 Å². The third-order valence-corrected chi connectivity index (χ3v) is 4.80. The highest BCUT2D eigenvalue weighted by atomic mass is 16.5. The van der Waals surface area contributed by atoms with Crippen LogP contribution < -0.4 is 5.32 Å². The summed E-state index contributed by atoms with van der Waals surface area (Å²) in [5.41, 5.74) is 0.737. The Morgan fingerprint density at radius 3 is 2.46 bits per heavy atom. The maximum Gasteiger partial charge on any atom is 0.108 e. The summed E-state index contributed by atoms with van der Waals surface area (Å²) in [5, 5.41) is 39.5. The predicted octanol–water partition coefficient (Wildman–Crippen LogP) is 0.601. The molecule has 26 heavy (non-hydrogen) atoms. The molecule has 0 amide bonds. The van der Waals surface area contributed by atoms with Crippen LogP contribution in [0.4, 0.5) is 0 Å². The smallest absolute Gasteiger partial charge is 0.108 e. The molecule has 1 aromatic heterocycles. The fourth-order valence-electron chi connectivity index (χ4n) is 3.17. The van der Waals surface area contributed by atoms with Crippen molar-refractivity contribution in [2.75, 3.05) is 19.7 Å². The number of piperidine rings is 1. The molecule has 0 radical (unpaired) electrons. The fraction of sp³-hybridized carbons (Fsp3) is 0.889. The summed E-state index contributed by atoms with van der Waals surface area (Å²) in [5.74, 6) is 0. The number of aromatic nitrogens is 3. The quantitative estimate of drug-likeness (QED) is 0.376. The molecule has 1 aliphatic heterocycles. The monoisotopic (exact) mass is 370 g/mol. The topological polar surface area (TPSA) is 113 Å². The van der Waals surface area contributed by atoms with E-state index in [-0.39, 0.29) is 6.61 Å². The summed E-state index contributed by atoms with van der Waals surface area (Å²) < 4.78 is 7.50. The first-order valence-electron chi connectivity index (χ1n) is 9.89. The van der Waals surface area contributed by atoms with Crippen molar-refractivity contribution in [3.05, 3.63) is 11.9 Å². The van der Waals surface area contributed by atoms with E-state index in [9.17, 15) is 10.2 Å². The number of nitrogens with zero attached hydrogens (tertiary/aromatic N) is 3. The minimum absolute atomic E-state index is 0.282. The van der Waals surface area contributed by atoms with Gasteiger partial charge in [0.1, 0.15) is 11.8 Å². The van der Waals surface area contributed by atoms with Gasteiger partial charge in [-0.15, -0.1) is 5.10 Å². The van der Waals surface area contributed by atoms with Crippen molar-refractivity contribution < 1.29 is 20.1 Å². The van der Waals surface area contributed by atoms with Gasteiger partial charge in [-0.05, 0) is 12.8 Å². The third-order valence-electron chi connectivity index (χ3n) is 4.80. The van der Waals surface area contributed by atoms with E-state index in [1.807, 2.05) is 10.9 Å². The Morgan fingerprint density at radius 1 is 1.04 bits per heavy atom. The van der Waals surface area contributed by atoms with Crippen molar-refractivity contribution in [3.63, 3.8) is 0 Å². The molecule has 0 aliphatic carbocycles. The average Bonchev–Trinajstić information content (AvgIpc) is 3.09. The number of nitrogens with one attached hydrogen (secondary N) is 1. The van der Waals surface area contributed by atoms with Crippen molar-refractivity contribution in [1.29, 1.82) is 0 Å². The Morgan fingerprint density at radius 2 is 1.73 bits per heavy atom. The average molecular weight is 370 g/mol. The van der Waals surface area contributed by atoms with Crippen LogP contribution in [0.25, 0.3) is 0 Å².